The first kappa shape index (κ1) is 112. The lowest BCUT2D eigenvalue weighted by Crippen LogP contribution is -2.56. The molecule has 12 aromatic carbocycles. The molecule has 0 aliphatic heterocycles. The largest absolute Gasteiger partial charge is 0.907 e. The molecule has 0 aromatic heterocycles. The third kappa shape index (κ3) is 16.8. The summed E-state index contributed by atoms with van der Waals surface area (Å²) >= 11 is 0. The highest BCUT2D eigenvalue weighted by atomic mass is 19.3. The minimum Gasteiger partial charge on any atom is -0.907 e. The summed E-state index contributed by atoms with van der Waals surface area (Å²) in [6.45, 7) is -10.00. The first-order valence-electron chi connectivity index (χ1n) is 34.1. The van der Waals surface area contributed by atoms with Crippen LogP contribution in [0.5, 0.6) is 0 Å². The van der Waals surface area contributed by atoms with Gasteiger partial charge in [0.1, 0.15) is 19.6 Å². The van der Waals surface area contributed by atoms with E-state index in [9.17, 15) is 184 Å². The third-order valence-electron chi connectivity index (χ3n) is 19.2. The Kier molecular flexibility index (Phi) is 31.2. The first-order valence-corrected chi connectivity index (χ1v) is 34.1. The van der Waals surface area contributed by atoms with Crippen molar-refractivity contribution in [1.29, 1.82) is 0 Å². The SMILES string of the molecule is Fc1c(F)c(F)c(C[N+](c2c(F)c(F)c(F)c(F)c2F)(c2c(F)c(F)c(F)c(F)c2F)c2c(F)c(F)c(F)c(F)c2F)c(F)c1F.Fc1c(F)c(F)c(C[N+](c2c(F)c(F)c(F)c(F)c2F)(c2c(F)c(F)c(F)c(F)c2F)c2c(F)c(F)c(F)c(F)c2F)c(F)c1F.Fc1c(F)c(F)c(C[N+](c2c(F)c(F)c(F)c(F)c2F)(c2c(F)c(F)c(F)c(F)c2F)c2c(F)c(F)c(F)c(F)c2F)c(F)c1F.[O-]B([O-])[O-]. The molecule has 0 spiro atoms. The minimum atomic E-state index is -4.43. The fourth-order valence-electron chi connectivity index (χ4n) is 13.2. The summed E-state index contributed by atoms with van der Waals surface area (Å²) < 4.78 is 862. The van der Waals surface area contributed by atoms with Gasteiger partial charge in [0.2, 0.25) is 330 Å². The summed E-state index contributed by atoms with van der Waals surface area (Å²) in [4.78, 5) is 0. The molecule has 142 heavy (non-hydrogen) atoms. The Hall–Kier alpha value is -13.7. The molecule has 762 valence electrons. The topological polar surface area (TPSA) is 69.2 Å². The highest BCUT2D eigenvalue weighted by Crippen LogP contribution is 2.61. The van der Waals surface area contributed by atoms with Gasteiger partial charge in [-0.15, -0.1) is 0 Å². The van der Waals surface area contributed by atoms with Gasteiger partial charge in [-0.1, -0.05) is 0 Å². The van der Waals surface area contributed by atoms with Crippen LogP contribution in [-0.4, -0.2) is 7.32 Å². The van der Waals surface area contributed by atoms with E-state index in [2.05, 4.69) is 0 Å². The van der Waals surface area contributed by atoms with Crippen LogP contribution >= 0.6 is 0 Å². The second-order valence-electron chi connectivity index (χ2n) is 26.6. The molecule has 12 rings (SSSR count). The van der Waals surface area contributed by atoms with Crippen molar-refractivity contribution in [3.05, 3.63) is 366 Å². The Bertz CT molecular complexity index is 5870. The maximum atomic E-state index is 15.3. The van der Waals surface area contributed by atoms with Crippen LogP contribution in [0.3, 0.4) is 0 Å². The minimum absolute atomic E-state index is 2.85. The number of hydrogen-bond acceptors (Lipinski definition) is 3. The van der Waals surface area contributed by atoms with Crippen LogP contribution < -0.4 is 28.5 Å². The monoisotopic (exact) mass is 2150 g/mol. The van der Waals surface area contributed by atoms with Crippen molar-refractivity contribution in [1.82, 2.24) is 13.4 Å². The number of benzene rings is 12. The van der Waals surface area contributed by atoms with Gasteiger partial charge in [0, 0.05) is 0 Å². The maximum Gasteiger partial charge on any atom is 0.226 e. The lowest BCUT2D eigenvalue weighted by molar-refractivity contribution is -0.479. The molecule has 0 fully saturated rings. The summed E-state index contributed by atoms with van der Waals surface area (Å²) in [7, 11) is -2.92. The molecule has 0 atom stereocenters. The highest BCUT2D eigenvalue weighted by molar-refractivity contribution is 6.24. The fraction of sp³-hybridized carbons (Fsp3) is 0.0400. The molecule has 0 unspecified atom stereocenters. The predicted molar refractivity (Wildman–Crippen MR) is 335 cm³/mol. The molecule has 0 aliphatic rings. The van der Waals surface area contributed by atoms with Gasteiger partial charge in [0.05, 0.1) is 16.7 Å². The maximum absolute atomic E-state index is 15.3. The normalized spacial score (nSPS) is 11.9. The zero-order valence-electron chi connectivity index (χ0n) is 63.9. The molecule has 0 aliphatic carbocycles. The van der Waals surface area contributed by atoms with Crippen LogP contribution in [0.25, 0.3) is 0 Å². The second kappa shape index (κ2) is 39.6. The predicted octanol–water partition coefficient (Wildman–Crippen LogP) is 25.0. The Balaban J connectivity index is 0.000000233. The van der Waals surface area contributed by atoms with Gasteiger partial charge in [-0.05, 0) is 0 Å². The second-order valence-corrected chi connectivity index (χ2v) is 26.6. The van der Waals surface area contributed by atoms with Gasteiger partial charge < -0.3 is 15.1 Å². The summed E-state index contributed by atoms with van der Waals surface area (Å²) in [5, 5.41) is 25.2. The molecule has 0 bridgehead atoms. The Morgan fingerprint density at radius 1 is 0.0986 bits per heavy atom. The number of rotatable bonds is 15. The zero-order valence-corrected chi connectivity index (χ0v) is 63.9. The van der Waals surface area contributed by atoms with Crippen molar-refractivity contribution < 1.29 is 278 Å². The molecule has 12 aromatic rings. The van der Waals surface area contributed by atoms with E-state index >= 15 is 79.0 Å². The standard InChI is InChI=1S/3C25H2F20N.BO3/c3*26-3-2(4(27)6(29)7(30)5(3)28)1-46(23-17(40)11(34)8(31)12(35)18(23)41,24-19(42)13(36)9(32)14(37)20(24)43)25-21(44)15(38)10(33)16(39)22(25)45;2-1(3)4/h3*1H2;/q3*+1;-3. The lowest BCUT2D eigenvalue weighted by atomic mass is 10.0. The number of nitrogens with zero attached hydrogens (tertiary/aromatic N) is 3. The lowest BCUT2D eigenvalue weighted by Gasteiger charge is -2.38. The molecule has 0 heterocycles. The number of hydrogen-bond donors (Lipinski definition) is 0. The van der Waals surface area contributed by atoms with Crippen molar-refractivity contribution in [2.45, 2.75) is 19.6 Å². The van der Waals surface area contributed by atoms with Crippen LogP contribution in [-0.2, 0) is 19.6 Å². The van der Waals surface area contributed by atoms with Crippen molar-refractivity contribution in [3.63, 3.8) is 0 Å². The molecule has 0 N–H and O–H groups in total. The summed E-state index contributed by atoms with van der Waals surface area (Å²) in [6.07, 6.45) is 0. The highest BCUT2D eigenvalue weighted by Gasteiger charge is 2.62. The van der Waals surface area contributed by atoms with E-state index in [1.807, 2.05) is 0 Å². The average molecular weight is 2150 g/mol. The van der Waals surface area contributed by atoms with E-state index in [-0.39, 0.29) is 0 Å². The van der Waals surface area contributed by atoms with Crippen molar-refractivity contribution in [2.75, 3.05) is 0 Å². The zero-order chi connectivity index (χ0) is 109. The van der Waals surface area contributed by atoms with Gasteiger partial charge >= 0.3 is 0 Å². The molecular formula is C75H6BF60N3O3. The molecular weight excluding hydrogens is 2140 g/mol. The smallest absolute Gasteiger partial charge is 0.226 e. The molecule has 0 saturated heterocycles. The van der Waals surface area contributed by atoms with Crippen molar-refractivity contribution >= 4 is 58.5 Å². The van der Waals surface area contributed by atoms with E-state index in [0.717, 1.165) is 0 Å². The van der Waals surface area contributed by atoms with E-state index in [1.54, 1.807) is 0 Å². The van der Waals surface area contributed by atoms with Gasteiger partial charge in [-0.25, -0.2) is 198 Å². The van der Waals surface area contributed by atoms with Crippen LogP contribution in [0.15, 0.2) is 0 Å². The number of halogens is 60. The van der Waals surface area contributed by atoms with Crippen LogP contribution in [0, 0.1) is 349 Å². The van der Waals surface area contributed by atoms with Gasteiger partial charge in [0.25, 0.3) is 0 Å². The number of quaternary nitrogens is 3. The van der Waals surface area contributed by atoms with Crippen LogP contribution in [0.1, 0.15) is 16.7 Å². The van der Waals surface area contributed by atoms with E-state index < -0.39 is 457 Å². The van der Waals surface area contributed by atoms with Gasteiger partial charge in [-0.2, -0.15) is 79.0 Å². The van der Waals surface area contributed by atoms with E-state index in [0.29, 0.717) is 0 Å². The Labute approximate surface area is 734 Å². The first-order chi connectivity index (χ1) is 65.3. The molecule has 0 radical (unpaired) electrons. The van der Waals surface area contributed by atoms with Crippen LogP contribution in [0.2, 0.25) is 0 Å². The quantitative estimate of drug-likeness (QED) is 0.0338. The van der Waals surface area contributed by atoms with E-state index in [4.69, 9.17) is 15.1 Å². The fourth-order valence-corrected chi connectivity index (χ4v) is 13.2. The van der Waals surface area contributed by atoms with E-state index in [1.165, 1.54) is 0 Å². The Morgan fingerprint density at radius 2 is 0.148 bits per heavy atom. The van der Waals surface area contributed by atoms with Crippen molar-refractivity contribution in [3.8, 4) is 0 Å². The van der Waals surface area contributed by atoms with Gasteiger partial charge in [0.15, 0.2) is 69.8 Å². The average Bonchev–Trinajstić information content (AvgIpc) is 0.700. The molecule has 67 heteroatoms. The molecule has 0 saturated carbocycles. The Morgan fingerprint density at radius 3 is 0.211 bits per heavy atom. The van der Waals surface area contributed by atoms with Crippen molar-refractivity contribution in [2.24, 2.45) is 0 Å². The van der Waals surface area contributed by atoms with Crippen LogP contribution in [0.4, 0.5) is 315 Å². The van der Waals surface area contributed by atoms with Gasteiger partial charge in [-0.3, -0.25) is 7.32 Å². The summed E-state index contributed by atoms with van der Waals surface area (Å²) in [5.41, 5.74) is -39.3. The third-order valence-corrected chi connectivity index (χ3v) is 19.2. The summed E-state index contributed by atoms with van der Waals surface area (Å²) in [5.74, 6) is -204. The molecule has 0 amide bonds. The molecule has 6 nitrogen and oxygen atoms in total. The summed E-state index contributed by atoms with van der Waals surface area (Å²) in [6, 6.07) is 0.